The molecule has 0 amide bonds. The molecular formula is C28H27N5O3. The van der Waals surface area contributed by atoms with Gasteiger partial charge in [0, 0.05) is 48.6 Å². The molecule has 0 bridgehead atoms. The maximum absolute atomic E-state index is 13.1. The van der Waals surface area contributed by atoms with Gasteiger partial charge in [0.1, 0.15) is 17.0 Å². The Labute approximate surface area is 208 Å². The SMILES string of the molecule is Cn1nc(C(C)(C)C)cc1CC(=O)Cc1ccc(Oc2ccnc3[nH]c(=O)cnc23)c2ccccc12. The van der Waals surface area contributed by atoms with E-state index in [0.717, 1.165) is 27.7 Å². The smallest absolute Gasteiger partial charge is 0.268 e. The van der Waals surface area contributed by atoms with Crippen LogP contribution in [0.25, 0.3) is 21.9 Å². The molecule has 0 atom stereocenters. The lowest BCUT2D eigenvalue weighted by Gasteiger charge is -2.13. The fourth-order valence-electron chi connectivity index (χ4n) is 4.22. The molecule has 8 heteroatoms. The lowest BCUT2D eigenvalue weighted by Crippen LogP contribution is -2.12. The number of pyridine rings is 1. The summed E-state index contributed by atoms with van der Waals surface area (Å²) in [5.74, 6) is 1.23. The zero-order valence-electron chi connectivity index (χ0n) is 20.7. The number of nitrogens with zero attached hydrogens (tertiary/aromatic N) is 4. The van der Waals surface area contributed by atoms with Crippen LogP contribution in [-0.4, -0.2) is 30.5 Å². The summed E-state index contributed by atoms with van der Waals surface area (Å²) in [6, 6.07) is 15.4. The zero-order chi connectivity index (χ0) is 25.4. The van der Waals surface area contributed by atoms with E-state index in [1.54, 1.807) is 16.9 Å². The van der Waals surface area contributed by atoms with Crippen molar-refractivity contribution < 1.29 is 9.53 Å². The van der Waals surface area contributed by atoms with Crippen molar-refractivity contribution in [2.24, 2.45) is 7.05 Å². The molecular weight excluding hydrogens is 454 g/mol. The van der Waals surface area contributed by atoms with Crippen LogP contribution in [0.1, 0.15) is 37.7 Å². The number of benzene rings is 2. The van der Waals surface area contributed by atoms with Gasteiger partial charge < -0.3 is 9.72 Å². The fraction of sp³-hybridized carbons (Fsp3) is 0.250. The Morgan fingerprint density at radius 3 is 2.53 bits per heavy atom. The molecule has 0 saturated carbocycles. The zero-order valence-corrected chi connectivity index (χ0v) is 20.7. The molecule has 0 aliphatic carbocycles. The highest BCUT2D eigenvalue weighted by molar-refractivity contribution is 5.95. The van der Waals surface area contributed by atoms with Crippen LogP contribution in [-0.2, 0) is 30.1 Å². The molecule has 0 spiro atoms. The molecule has 0 aliphatic heterocycles. The van der Waals surface area contributed by atoms with Gasteiger partial charge in [-0.1, -0.05) is 51.1 Å². The fourth-order valence-corrected chi connectivity index (χ4v) is 4.22. The lowest BCUT2D eigenvalue weighted by molar-refractivity contribution is -0.117. The highest BCUT2D eigenvalue weighted by atomic mass is 16.5. The number of ketones is 1. The molecule has 0 fully saturated rings. The quantitative estimate of drug-likeness (QED) is 0.379. The van der Waals surface area contributed by atoms with Crippen molar-refractivity contribution in [3.05, 3.63) is 88.2 Å². The molecule has 0 saturated heterocycles. The Balaban J connectivity index is 1.43. The number of hydrogen-bond acceptors (Lipinski definition) is 6. The third-order valence-corrected chi connectivity index (χ3v) is 6.15. The number of rotatable bonds is 6. The van der Waals surface area contributed by atoms with Crippen LogP contribution in [0.15, 0.2) is 65.7 Å². The van der Waals surface area contributed by atoms with Crippen molar-refractivity contribution in [1.82, 2.24) is 24.7 Å². The van der Waals surface area contributed by atoms with E-state index in [1.165, 1.54) is 6.20 Å². The van der Waals surface area contributed by atoms with Gasteiger partial charge in [0.2, 0.25) is 0 Å². The third-order valence-electron chi connectivity index (χ3n) is 6.15. The van der Waals surface area contributed by atoms with Gasteiger partial charge in [-0.05, 0) is 23.1 Å². The van der Waals surface area contributed by atoms with Crippen molar-refractivity contribution in [2.45, 2.75) is 39.0 Å². The number of aromatic amines is 1. The first-order valence-electron chi connectivity index (χ1n) is 11.8. The van der Waals surface area contributed by atoms with Crippen LogP contribution < -0.4 is 10.3 Å². The second-order valence-corrected chi connectivity index (χ2v) is 9.91. The first-order valence-corrected chi connectivity index (χ1v) is 11.8. The molecule has 0 aliphatic rings. The molecule has 2 aromatic carbocycles. The van der Waals surface area contributed by atoms with Gasteiger partial charge in [-0.3, -0.25) is 14.3 Å². The minimum atomic E-state index is -0.327. The van der Waals surface area contributed by atoms with Crippen LogP contribution in [0, 0.1) is 0 Å². The van der Waals surface area contributed by atoms with Crippen LogP contribution in [0.4, 0.5) is 0 Å². The van der Waals surface area contributed by atoms with Gasteiger partial charge in [-0.25, -0.2) is 9.97 Å². The topological polar surface area (TPSA) is 103 Å². The largest absolute Gasteiger partial charge is 0.454 e. The number of ether oxygens (including phenoxy) is 1. The molecule has 182 valence electrons. The Kier molecular flexibility index (Phi) is 5.88. The highest BCUT2D eigenvalue weighted by Gasteiger charge is 2.20. The number of carbonyl (C=O) groups excluding carboxylic acids is 1. The first-order chi connectivity index (χ1) is 17.2. The average molecular weight is 482 g/mol. The summed E-state index contributed by atoms with van der Waals surface area (Å²) in [5, 5.41) is 6.42. The van der Waals surface area contributed by atoms with Gasteiger partial charge in [-0.15, -0.1) is 0 Å². The Morgan fingerprint density at radius 2 is 1.78 bits per heavy atom. The standard InChI is InChI=1S/C28H27N5O3/c1-28(2,3)24-15-18(33(4)32-24)14-19(34)13-17-9-10-22(21-8-6-5-7-20(17)21)36-23-11-12-29-27-26(23)30-16-25(35)31-27/h5-12,15-16H,13-14H2,1-4H3,(H,29,31,35). The van der Waals surface area contributed by atoms with Gasteiger partial charge >= 0.3 is 0 Å². The average Bonchev–Trinajstić information content (AvgIpc) is 3.21. The van der Waals surface area contributed by atoms with Crippen molar-refractivity contribution in [2.75, 3.05) is 0 Å². The lowest BCUT2D eigenvalue weighted by atomic mass is 9.92. The van der Waals surface area contributed by atoms with E-state index < -0.39 is 0 Å². The van der Waals surface area contributed by atoms with Crippen molar-refractivity contribution in [1.29, 1.82) is 0 Å². The van der Waals surface area contributed by atoms with E-state index in [0.29, 0.717) is 35.5 Å². The summed E-state index contributed by atoms with van der Waals surface area (Å²) in [6.45, 7) is 6.34. The number of hydrogen-bond donors (Lipinski definition) is 1. The predicted molar refractivity (Wildman–Crippen MR) is 139 cm³/mol. The van der Waals surface area contributed by atoms with Crippen LogP contribution in [0.5, 0.6) is 11.5 Å². The number of aryl methyl sites for hydroxylation is 1. The van der Waals surface area contributed by atoms with Gasteiger partial charge in [0.05, 0.1) is 11.9 Å². The van der Waals surface area contributed by atoms with Gasteiger partial charge in [-0.2, -0.15) is 5.10 Å². The highest BCUT2D eigenvalue weighted by Crippen LogP contribution is 2.34. The van der Waals surface area contributed by atoms with Crippen molar-refractivity contribution in [3.8, 4) is 11.5 Å². The Morgan fingerprint density at radius 1 is 1.00 bits per heavy atom. The summed E-state index contributed by atoms with van der Waals surface area (Å²) in [6.07, 6.45) is 3.39. The van der Waals surface area contributed by atoms with E-state index >= 15 is 0 Å². The first kappa shape index (κ1) is 23.4. The van der Waals surface area contributed by atoms with E-state index in [4.69, 9.17) is 4.74 Å². The molecule has 36 heavy (non-hydrogen) atoms. The van der Waals surface area contributed by atoms with Crippen molar-refractivity contribution in [3.63, 3.8) is 0 Å². The number of fused-ring (bicyclic) bond motifs is 2. The molecule has 3 heterocycles. The number of Topliss-reactive ketones (excluding diaryl/α,β-unsaturated/α-hetero) is 1. The van der Waals surface area contributed by atoms with Crippen molar-refractivity contribution >= 4 is 27.7 Å². The van der Waals surface area contributed by atoms with E-state index in [1.807, 2.05) is 49.5 Å². The van der Waals surface area contributed by atoms with Crippen LogP contribution in [0.2, 0.25) is 0 Å². The Hall–Kier alpha value is -4.33. The summed E-state index contributed by atoms with van der Waals surface area (Å²) in [7, 11) is 1.88. The van der Waals surface area contributed by atoms with Gasteiger partial charge in [0.15, 0.2) is 11.4 Å². The number of nitrogens with one attached hydrogen (secondary N) is 1. The number of carbonyl (C=O) groups is 1. The minimum absolute atomic E-state index is 0.0734. The van der Waals surface area contributed by atoms with E-state index in [2.05, 4.69) is 40.8 Å². The summed E-state index contributed by atoms with van der Waals surface area (Å²) < 4.78 is 8.03. The maximum atomic E-state index is 13.1. The minimum Gasteiger partial charge on any atom is -0.454 e. The van der Waals surface area contributed by atoms with E-state index in [-0.39, 0.29) is 16.8 Å². The molecule has 0 radical (unpaired) electrons. The number of H-pyrrole nitrogens is 1. The second kappa shape index (κ2) is 9.03. The summed E-state index contributed by atoms with van der Waals surface area (Å²) >= 11 is 0. The molecule has 5 aromatic rings. The van der Waals surface area contributed by atoms with Gasteiger partial charge in [0.25, 0.3) is 5.56 Å². The molecule has 8 nitrogen and oxygen atoms in total. The third kappa shape index (κ3) is 4.62. The summed E-state index contributed by atoms with van der Waals surface area (Å²) in [5.41, 5.74) is 3.24. The van der Waals surface area contributed by atoms with E-state index in [9.17, 15) is 9.59 Å². The summed E-state index contributed by atoms with van der Waals surface area (Å²) in [4.78, 5) is 35.7. The Bertz CT molecular complexity index is 1660. The second-order valence-electron chi connectivity index (χ2n) is 9.91. The molecule has 1 N–H and O–H groups in total. The molecule has 0 unspecified atom stereocenters. The maximum Gasteiger partial charge on any atom is 0.268 e. The van der Waals surface area contributed by atoms with Crippen LogP contribution in [0.3, 0.4) is 0 Å². The monoisotopic (exact) mass is 481 g/mol. The predicted octanol–water partition coefficient (Wildman–Crippen LogP) is 4.65. The normalized spacial score (nSPS) is 11.8. The van der Waals surface area contributed by atoms with Crippen LogP contribution >= 0.6 is 0 Å². The molecule has 3 aromatic heterocycles. The number of aromatic nitrogens is 5. The molecule has 5 rings (SSSR count).